The molecule has 4 rings (SSSR count). The quantitative estimate of drug-likeness (QED) is 0.494. The molecule has 1 aromatic heterocycles. The van der Waals surface area contributed by atoms with Crippen LogP contribution in [0.4, 0.5) is 5.69 Å². The number of para-hydroxylation sites is 3. The lowest BCUT2D eigenvalue weighted by Gasteiger charge is -2.20. The molecule has 1 unspecified atom stereocenters. The molecule has 0 aliphatic carbocycles. The van der Waals surface area contributed by atoms with E-state index in [1.54, 1.807) is 24.1 Å². The van der Waals surface area contributed by atoms with Gasteiger partial charge in [-0.1, -0.05) is 48.0 Å². The maximum atomic E-state index is 13.1. The van der Waals surface area contributed by atoms with Crippen molar-refractivity contribution in [3.8, 4) is 0 Å². The second kappa shape index (κ2) is 9.06. The third-order valence-electron chi connectivity index (χ3n) is 5.54. The lowest BCUT2D eigenvalue weighted by atomic mass is 10.1. The van der Waals surface area contributed by atoms with E-state index >= 15 is 0 Å². The molecule has 6 heteroatoms. The molecule has 0 fully saturated rings. The maximum Gasteiger partial charge on any atom is 0.251 e. The molecule has 1 heterocycles. The van der Waals surface area contributed by atoms with Gasteiger partial charge in [-0.15, -0.1) is 0 Å². The van der Waals surface area contributed by atoms with E-state index in [1.165, 1.54) is 0 Å². The monoisotopic (exact) mass is 426 g/mol. The average Bonchev–Trinajstić information content (AvgIpc) is 3.18. The summed E-state index contributed by atoms with van der Waals surface area (Å²) in [4.78, 5) is 32.2. The summed E-state index contributed by atoms with van der Waals surface area (Å²) >= 11 is 0. The first-order valence-corrected chi connectivity index (χ1v) is 10.6. The van der Waals surface area contributed by atoms with Crippen LogP contribution in [-0.2, 0) is 11.3 Å². The number of benzene rings is 3. The number of anilines is 1. The van der Waals surface area contributed by atoms with Crippen LogP contribution in [0.5, 0.6) is 0 Å². The van der Waals surface area contributed by atoms with Crippen molar-refractivity contribution < 1.29 is 9.59 Å². The molecule has 3 aromatic carbocycles. The number of aryl methyl sites for hydroxylation is 1. The summed E-state index contributed by atoms with van der Waals surface area (Å²) in [7, 11) is 1.76. The Bertz CT molecular complexity index is 1250. The summed E-state index contributed by atoms with van der Waals surface area (Å²) in [5.41, 5.74) is 4.15. The van der Waals surface area contributed by atoms with Gasteiger partial charge in [-0.2, -0.15) is 0 Å². The molecule has 0 spiro atoms. The van der Waals surface area contributed by atoms with E-state index in [0.717, 1.165) is 22.3 Å². The third-order valence-corrected chi connectivity index (χ3v) is 5.54. The summed E-state index contributed by atoms with van der Waals surface area (Å²) in [5, 5.41) is 3.02. The number of fused-ring (bicyclic) bond motifs is 1. The van der Waals surface area contributed by atoms with Gasteiger partial charge < -0.3 is 14.8 Å². The SMILES string of the molecule is Cc1ccc(C(=O)NC(C)c2nc3ccccc3n2CC(=O)N(C)c2ccccc2)cc1. The molecule has 4 aromatic rings. The number of carbonyl (C=O) groups excluding carboxylic acids is 2. The second-order valence-corrected chi connectivity index (χ2v) is 7.89. The molecule has 0 saturated carbocycles. The van der Waals surface area contributed by atoms with E-state index < -0.39 is 0 Å². The smallest absolute Gasteiger partial charge is 0.251 e. The highest BCUT2D eigenvalue weighted by Crippen LogP contribution is 2.22. The van der Waals surface area contributed by atoms with E-state index in [2.05, 4.69) is 5.32 Å². The molecule has 0 bridgehead atoms. The number of rotatable bonds is 6. The van der Waals surface area contributed by atoms with E-state index in [0.29, 0.717) is 11.4 Å². The van der Waals surface area contributed by atoms with Gasteiger partial charge in [-0.3, -0.25) is 9.59 Å². The van der Waals surface area contributed by atoms with Crippen molar-refractivity contribution in [2.75, 3.05) is 11.9 Å². The first kappa shape index (κ1) is 21.3. The van der Waals surface area contributed by atoms with Crippen molar-refractivity contribution in [2.45, 2.75) is 26.4 Å². The van der Waals surface area contributed by atoms with Gasteiger partial charge in [0.25, 0.3) is 5.91 Å². The fraction of sp³-hybridized carbons (Fsp3) is 0.192. The highest BCUT2D eigenvalue weighted by Gasteiger charge is 2.22. The van der Waals surface area contributed by atoms with Crippen molar-refractivity contribution in [3.05, 3.63) is 95.8 Å². The molecule has 2 amide bonds. The predicted molar refractivity (Wildman–Crippen MR) is 127 cm³/mol. The Morgan fingerprint density at radius 1 is 0.969 bits per heavy atom. The van der Waals surface area contributed by atoms with Gasteiger partial charge in [0.15, 0.2) is 0 Å². The topological polar surface area (TPSA) is 67.2 Å². The van der Waals surface area contributed by atoms with E-state index in [9.17, 15) is 9.59 Å². The van der Waals surface area contributed by atoms with E-state index in [-0.39, 0.29) is 24.4 Å². The summed E-state index contributed by atoms with van der Waals surface area (Å²) in [6.07, 6.45) is 0. The molecule has 0 saturated heterocycles. The van der Waals surface area contributed by atoms with Crippen LogP contribution >= 0.6 is 0 Å². The maximum absolute atomic E-state index is 13.1. The molecule has 6 nitrogen and oxygen atoms in total. The fourth-order valence-corrected chi connectivity index (χ4v) is 3.68. The van der Waals surface area contributed by atoms with Crippen molar-refractivity contribution in [2.24, 2.45) is 0 Å². The highest BCUT2D eigenvalue weighted by atomic mass is 16.2. The zero-order valence-corrected chi connectivity index (χ0v) is 18.4. The zero-order valence-electron chi connectivity index (χ0n) is 18.4. The normalized spacial score (nSPS) is 11.8. The van der Waals surface area contributed by atoms with Gasteiger partial charge in [-0.05, 0) is 50.2 Å². The molecule has 0 aliphatic heterocycles. The standard InChI is InChI=1S/C26H26N4O2/c1-18-13-15-20(16-14-18)26(32)27-19(2)25-28-22-11-7-8-12-23(22)30(25)17-24(31)29(3)21-9-5-4-6-10-21/h4-16,19H,17H2,1-3H3,(H,27,32). The molecular formula is C26H26N4O2. The minimum atomic E-state index is -0.383. The number of likely N-dealkylation sites (N-methyl/N-ethyl adjacent to an activating group) is 1. The van der Waals surface area contributed by atoms with Gasteiger partial charge in [0.05, 0.1) is 17.1 Å². The van der Waals surface area contributed by atoms with E-state index in [1.807, 2.05) is 85.1 Å². The summed E-state index contributed by atoms with van der Waals surface area (Å²) in [6, 6.07) is 24.3. The molecule has 0 radical (unpaired) electrons. The summed E-state index contributed by atoms with van der Waals surface area (Å²) in [6.45, 7) is 3.98. The minimum Gasteiger partial charge on any atom is -0.342 e. The van der Waals surface area contributed by atoms with Gasteiger partial charge in [0.1, 0.15) is 12.4 Å². The van der Waals surface area contributed by atoms with Gasteiger partial charge in [0.2, 0.25) is 5.91 Å². The Labute approximate surface area is 187 Å². The average molecular weight is 427 g/mol. The first-order valence-electron chi connectivity index (χ1n) is 10.6. The lowest BCUT2D eigenvalue weighted by molar-refractivity contribution is -0.118. The summed E-state index contributed by atoms with van der Waals surface area (Å²) < 4.78 is 1.89. The third kappa shape index (κ3) is 4.39. The van der Waals surface area contributed by atoms with Crippen LogP contribution in [0.1, 0.15) is 34.7 Å². The van der Waals surface area contributed by atoms with E-state index in [4.69, 9.17) is 4.98 Å². The fourth-order valence-electron chi connectivity index (χ4n) is 3.68. The van der Waals surface area contributed by atoms with Gasteiger partial charge >= 0.3 is 0 Å². The van der Waals surface area contributed by atoms with Crippen molar-refractivity contribution >= 4 is 28.5 Å². The lowest BCUT2D eigenvalue weighted by Crippen LogP contribution is -2.33. The van der Waals surface area contributed by atoms with Crippen molar-refractivity contribution in [3.63, 3.8) is 0 Å². The molecular weight excluding hydrogens is 400 g/mol. The first-order chi connectivity index (χ1) is 15.4. The number of nitrogens with zero attached hydrogens (tertiary/aromatic N) is 3. The van der Waals surface area contributed by atoms with Crippen LogP contribution in [0.25, 0.3) is 11.0 Å². The van der Waals surface area contributed by atoms with Crippen molar-refractivity contribution in [1.82, 2.24) is 14.9 Å². The Kier molecular flexibility index (Phi) is 6.03. The minimum absolute atomic E-state index is 0.0716. The predicted octanol–water partition coefficient (Wildman–Crippen LogP) is 4.50. The van der Waals surface area contributed by atoms with Gasteiger partial charge in [0, 0.05) is 18.3 Å². The van der Waals surface area contributed by atoms with Crippen molar-refractivity contribution in [1.29, 1.82) is 0 Å². The zero-order chi connectivity index (χ0) is 22.7. The molecule has 162 valence electrons. The molecule has 1 N–H and O–H groups in total. The number of imidazole rings is 1. The Morgan fingerprint density at radius 2 is 1.62 bits per heavy atom. The Hall–Kier alpha value is -3.93. The van der Waals surface area contributed by atoms with Gasteiger partial charge in [-0.25, -0.2) is 4.98 Å². The number of hydrogen-bond donors (Lipinski definition) is 1. The molecule has 32 heavy (non-hydrogen) atoms. The van der Waals surface area contributed by atoms with Crippen LogP contribution in [0.15, 0.2) is 78.9 Å². The largest absolute Gasteiger partial charge is 0.342 e. The second-order valence-electron chi connectivity index (χ2n) is 7.89. The van der Waals surface area contributed by atoms with Crippen LogP contribution in [-0.4, -0.2) is 28.4 Å². The molecule has 0 aliphatic rings. The number of hydrogen-bond acceptors (Lipinski definition) is 3. The highest BCUT2D eigenvalue weighted by molar-refractivity contribution is 5.95. The number of aromatic nitrogens is 2. The Balaban J connectivity index is 1.61. The number of carbonyl (C=O) groups is 2. The van der Waals surface area contributed by atoms with Crippen LogP contribution < -0.4 is 10.2 Å². The molecule has 1 atom stereocenters. The Morgan fingerprint density at radius 3 is 2.34 bits per heavy atom. The van der Waals surface area contributed by atoms with Crippen LogP contribution in [0, 0.1) is 6.92 Å². The van der Waals surface area contributed by atoms with Crippen LogP contribution in [0.2, 0.25) is 0 Å². The van der Waals surface area contributed by atoms with Crippen LogP contribution in [0.3, 0.4) is 0 Å². The summed E-state index contributed by atoms with van der Waals surface area (Å²) in [5.74, 6) is 0.392. The number of amides is 2. The number of nitrogens with one attached hydrogen (secondary N) is 1.